The lowest BCUT2D eigenvalue weighted by molar-refractivity contribution is -0.294. The summed E-state index contributed by atoms with van der Waals surface area (Å²) in [5, 5.41) is 114. The van der Waals surface area contributed by atoms with Gasteiger partial charge < -0.3 is 89.3 Å². The normalized spacial score (nSPS) is 28.8. The molecule has 1 unspecified atom stereocenters. The van der Waals surface area contributed by atoms with Gasteiger partial charge in [0.2, 0.25) is 12.6 Å². The van der Waals surface area contributed by atoms with Crippen molar-refractivity contribution in [3.63, 3.8) is 0 Å². The second kappa shape index (κ2) is 18.4. The van der Waals surface area contributed by atoms with Gasteiger partial charge in [0.25, 0.3) is 0 Å². The smallest absolute Gasteiger partial charge is 0.330 e. The molecular formula is C39H40O21. The maximum Gasteiger partial charge on any atom is 0.330 e. The molecule has 2 fully saturated rings. The third kappa shape index (κ3) is 9.98. The Balaban J connectivity index is 1.26. The SMILES string of the molecule is O=C(O)CC(=O)OC[C@@H]1O[C@H](Oc2cc(O)cc3c2C=C(O[C@H]2O[C@@H](COC(=O)C=Cc4ccc(O)cc4)[C@H](O)[C@@H](O)[C@@H]2O)C(c2ccc(O)c(O)c2)O3)[C@@H](O)[C@H](O)[C@H]1O. The lowest BCUT2D eigenvalue weighted by atomic mass is 9.98. The highest BCUT2D eigenvalue weighted by Crippen LogP contribution is 2.46. The Kier molecular flexibility index (Phi) is 13.3. The summed E-state index contributed by atoms with van der Waals surface area (Å²) < 4.78 is 39.4. The molecule has 6 rings (SSSR count). The summed E-state index contributed by atoms with van der Waals surface area (Å²) >= 11 is 0. The number of benzene rings is 3. The number of hydrogen-bond acceptors (Lipinski definition) is 20. The molecule has 3 aliphatic rings. The molecule has 3 heterocycles. The van der Waals surface area contributed by atoms with Gasteiger partial charge in [-0.3, -0.25) is 9.59 Å². The first kappa shape index (κ1) is 43.4. The fraction of sp³-hybridized carbons (Fsp3) is 0.359. The van der Waals surface area contributed by atoms with Crippen molar-refractivity contribution < 1.29 is 104 Å². The molecule has 21 heteroatoms. The first-order valence-corrected chi connectivity index (χ1v) is 18.0. The predicted molar refractivity (Wildman–Crippen MR) is 196 cm³/mol. The topological polar surface area (TPSA) is 338 Å². The van der Waals surface area contributed by atoms with Crippen LogP contribution in [-0.2, 0) is 38.1 Å². The van der Waals surface area contributed by atoms with Gasteiger partial charge in [0.15, 0.2) is 17.6 Å². The van der Waals surface area contributed by atoms with Crippen molar-refractivity contribution in [1.29, 1.82) is 0 Å². The largest absolute Gasteiger partial charge is 0.508 e. The lowest BCUT2D eigenvalue weighted by Gasteiger charge is -2.41. The van der Waals surface area contributed by atoms with E-state index in [-0.39, 0.29) is 34.1 Å². The number of aromatic hydroxyl groups is 4. The Bertz CT molecular complexity index is 2100. The van der Waals surface area contributed by atoms with Crippen LogP contribution >= 0.6 is 0 Å². The Morgan fingerprint density at radius 2 is 1.28 bits per heavy atom. The van der Waals surface area contributed by atoms with E-state index in [9.17, 15) is 65.4 Å². The van der Waals surface area contributed by atoms with E-state index >= 15 is 0 Å². The molecule has 322 valence electrons. The highest BCUT2D eigenvalue weighted by Gasteiger charge is 2.48. The van der Waals surface area contributed by atoms with E-state index in [1.807, 2.05) is 0 Å². The van der Waals surface area contributed by atoms with Crippen molar-refractivity contribution >= 4 is 30.1 Å². The van der Waals surface area contributed by atoms with Crippen LogP contribution < -0.4 is 9.47 Å². The number of rotatable bonds is 13. The number of carboxylic acids is 1. The van der Waals surface area contributed by atoms with Crippen LogP contribution in [0.15, 0.2) is 66.4 Å². The van der Waals surface area contributed by atoms with E-state index < -0.39 is 122 Å². The molecule has 11 atom stereocenters. The van der Waals surface area contributed by atoms with E-state index in [0.717, 1.165) is 30.3 Å². The van der Waals surface area contributed by atoms with Crippen LogP contribution in [0.5, 0.6) is 34.5 Å². The first-order valence-electron chi connectivity index (χ1n) is 18.0. The van der Waals surface area contributed by atoms with E-state index in [1.54, 1.807) is 0 Å². The molecule has 0 saturated carbocycles. The number of phenolic OH excluding ortho intramolecular Hbond substituents is 4. The van der Waals surface area contributed by atoms with Gasteiger partial charge in [-0.2, -0.15) is 0 Å². The quantitative estimate of drug-likeness (QED) is 0.0437. The van der Waals surface area contributed by atoms with Gasteiger partial charge in [-0.25, -0.2) is 4.79 Å². The molecule has 2 saturated heterocycles. The van der Waals surface area contributed by atoms with Crippen LogP contribution in [0.2, 0.25) is 0 Å². The summed E-state index contributed by atoms with van der Waals surface area (Å²) in [5.41, 5.74) is 0.615. The van der Waals surface area contributed by atoms with E-state index in [1.165, 1.54) is 42.5 Å². The van der Waals surface area contributed by atoms with E-state index in [2.05, 4.69) is 0 Å². The van der Waals surface area contributed by atoms with Crippen LogP contribution in [0.3, 0.4) is 0 Å². The number of carbonyl (C=O) groups excluding carboxylic acids is 2. The van der Waals surface area contributed by atoms with Crippen molar-refractivity contribution in [2.45, 2.75) is 73.9 Å². The number of aliphatic carboxylic acids is 1. The summed E-state index contributed by atoms with van der Waals surface area (Å²) in [6.07, 6.45) is -16.8. The molecular weight excluding hydrogens is 804 g/mol. The fourth-order valence-corrected chi connectivity index (χ4v) is 6.23. The van der Waals surface area contributed by atoms with Gasteiger partial charge in [0.05, 0.1) is 5.56 Å². The average Bonchev–Trinajstić information content (AvgIpc) is 3.20. The minimum atomic E-state index is -1.96. The van der Waals surface area contributed by atoms with Crippen molar-refractivity contribution in [3.8, 4) is 34.5 Å². The monoisotopic (exact) mass is 844 g/mol. The molecule has 3 aliphatic heterocycles. The third-order valence-electron chi connectivity index (χ3n) is 9.41. The molecule has 3 aromatic carbocycles. The minimum Gasteiger partial charge on any atom is -0.508 e. The molecule has 0 aliphatic carbocycles. The van der Waals surface area contributed by atoms with Crippen LogP contribution in [0.4, 0.5) is 0 Å². The van der Waals surface area contributed by atoms with Crippen LogP contribution in [0.1, 0.15) is 29.2 Å². The molecule has 0 amide bonds. The first-order chi connectivity index (χ1) is 28.5. The molecule has 60 heavy (non-hydrogen) atoms. The molecule has 0 bridgehead atoms. The molecule has 0 spiro atoms. The number of aliphatic hydroxyl groups is 6. The molecule has 0 aromatic heterocycles. The highest BCUT2D eigenvalue weighted by atomic mass is 16.7. The van der Waals surface area contributed by atoms with Gasteiger partial charge in [-0.15, -0.1) is 0 Å². The highest BCUT2D eigenvalue weighted by molar-refractivity contribution is 5.90. The summed E-state index contributed by atoms with van der Waals surface area (Å²) in [4.78, 5) is 35.2. The summed E-state index contributed by atoms with van der Waals surface area (Å²) in [6, 6.07) is 11.6. The number of esters is 2. The van der Waals surface area contributed by atoms with Gasteiger partial charge in [-0.05, 0) is 42.0 Å². The standard InChI is InChI=1S/C39H40O21/c40-18-5-1-16(2-6-18)3-8-29(46)54-14-26-31(48)34(51)36(53)39(60-26)58-25-12-20-23(56-37(25)17-4-7-21(42)22(43)9-17)10-19(41)11-24(20)57-38-35(52)33(50)32(49)27(59-38)15-55-30(47)13-28(44)45/h1-12,26-27,31-43,48-53H,13-15H2,(H,44,45)/t26-,27-,31-,32-,33+,34+,35-,36-,37?,38-,39-/m0/s1. The zero-order chi connectivity index (χ0) is 43.4. The third-order valence-corrected chi connectivity index (χ3v) is 9.41. The fourth-order valence-electron chi connectivity index (χ4n) is 6.23. The van der Waals surface area contributed by atoms with Gasteiger partial charge in [0, 0.05) is 23.8 Å². The maximum absolute atomic E-state index is 12.5. The number of phenols is 4. The lowest BCUT2D eigenvalue weighted by Crippen LogP contribution is -2.60. The number of hydrogen-bond donors (Lipinski definition) is 11. The van der Waals surface area contributed by atoms with Crippen molar-refractivity contribution in [2.75, 3.05) is 13.2 Å². The predicted octanol–water partition coefficient (Wildman–Crippen LogP) is -0.731. The Morgan fingerprint density at radius 1 is 0.667 bits per heavy atom. The number of carbonyl (C=O) groups is 3. The summed E-state index contributed by atoms with van der Waals surface area (Å²) in [5.74, 6) is -5.81. The Hall–Kier alpha value is -6.17. The molecule has 21 nitrogen and oxygen atoms in total. The zero-order valence-corrected chi connectivity index (χ0v) is 30.9. The molecule has 0 radical (unpaired) electrons. The zero-order valence-electron chi connectivity index (χ0n) is 30.9. The summed E-state index contributed by atoms with van der Waals surface area (Å²) in [7, 11) is 0. The number of carboxylic acid groups (broad SMARTS) is 1. The van der Waals surface area contributed by atoms with Crippen LogP contribution in [-0.4, -0.2) is 149 Å². The number of fused-ring (bicyclic) bond motifs is 1. The van der Waals surface area contributed by atoms with Gasteiger partial charge in [-0.1, -0.05) is 18.2 Å². The van der Waals surface area contributed by atoms with Crippen molar-refractivity contribution in [3.05, 3.63) is 83.1 Å². The minimum absolute atomic E-state index is 0.0148. The second-order valence-corrected chi connectivity index (χ2v) is 13.7. The van der Waals surface area contributed by atoms with E-state index in [4.69, 9.17) is 38.3 Å². The van der Waals surface area contributed by atoms with Crippen molar-refractivity contribution in [1.82, 2.24) is 0 Å². The Labute approximate surface area is 338 Å². The second-order valence-electron chi connectivity index (χ2n) is 13.7. The molecule has 11 N–H and O–H groups in total. The van der Waals surface area contributed by atoms with Gasteiger partial charge >= 0.3 is 17.9 Å². The van der Waals surface area contributed by atoms with Crippen LogP contribution in [0.25, 0.3) is 12.2 Å². The summed E-state index contributed by atoms with van der Waals surface area (Å²) in [6.45, 7) is -1.41. The van der Waals surface area contributed by atoms with Gasteiger partial charge in [0.1, 0.15) is 97.2 Å². The van der Waals surface area contributed by atoms with Crippen molar-refractivity contribution in [2.24, 2.45) is 0 Å². The Morgan fingerprint density at radius 3 is 1.90 bits per heavy atom. The average molecular weight is 845 g/mol. The van der Waals surface area contributed by atoms with Crippen LogP contribution in [0, 0.1) is 0 Å². The number of aliphatic hydroxyl groups excluding tert-OH is 6. The maximum atomic E-state index is 12.5. The van der Waals surface area contributed by atoms with E-state index in [0.29, 0.717) is 5.56 Å². The molecule has 3 aromatic rings. The number of ether oxygens (including phenoxy) is 7.